The van der Waals surface area contributed by atoms with E-state index in [4.69, 9.17) is 9.73 Å². The molecule has 2 aromatic carbocycles. The normalized spacial score (nSPS) is 13.3. The van der Waals surface area contributed by atoms with Gasteiger partial charge in [0.05, 0.1) is 19.8 Å². The Labute approximate surface area is 202 Å². The molecule has 6 nitrogen and oxygen atoms in total. The van der Waals surface area contributed by atoms with Crippen molar-refractivity contribution in [2.24, 2.45) is 10.9 Å². The fraction of sp³-hybridized carbons (Fsp3) is 0.417. The molecule has 31 heavy (non-hydrogen) atoms. The fourth-order valence-electron chi connectivity index (χ4n) is 3.07. The standard InChI is InChI=1S/C24H32N4O2.HI/c1-2-25-24(27-15-14-26-23(29)20-12-13-20)28-16-21-10-6-7-11-22(21)18-30-17-19-8-4-3-5-9-19;/h3-11,20H,2,12-18H2,1H3,(H,26,29)(H2,25,27,28);1H. The SMILES string of the molecule is CCNC(=NCc1ccccc1COCc1ccccc1)NCCNC(=O)C1CC1.I. The van der Waals surface area contributed by atoms with Gasteiger partial charge < -0.3 is 20.7 Å². The summed E-state index contributed by atoms with van der Waals surface area (Å²) in [6, 6.07) is 18.4. The second-order valence-corrected chi connectivity index (χ2v) is 7.43. The Balaban J connectivity index is 0.00000341. The first-order valence-electron chi connectivity index (χ1n) is 10.7. The highest BCUT2D eigenvalue weighted by Crippen LogP contribution is 2.28. The lowest BCUT2D eigenvalue weighted by Gasteiger charge is -2.13. The van der Waals surface area contributed by atoms with E-state index in [9.17, 15) is 4.79 Å². The summed E-state index contributed by atoms with van der Waals surface area (Å²) in [4.78, 5) is 16.4. The number of halogens is 1. The maximum atomic E-state index is 11.7. The summed E-state index contributed by atoms with van der Waals surface area (Å²) in [7, 11) is 0. The topological polar surface area (TPSA) is 74.8 Å². The molecule has 3 rings (SSSR count). The summed E-state index contributed by atoms with van der Waals surface area (Å²) >= 11 is 0. The molecule has 1 aliphatic rings. The Bertz CT molecular complexity index is 825. The van der Waals surface area contributed by atoms with Crippen molar-refractivity contribution in [3.63, 3.8) is 0 Å². The van der Waals surface area contributed by atoms with Crippen molar-refractivity contribution in [3.05, 3.63) is 71.3 Å². The average Bonchev–Trinajstić information content (AvgIpc) is 3.62. The minimum absolute atomic E-state index is 0. The maximum absolute atomic E-state index is 11.7. The molecular formula is C24H33IN4O2. The van der Waals surface area contributed by atoms with Crippen LogP contribution in [0.4, 0.5) is 0 Å². The minimum atomic E-state index is 0. The zero-order valence-corrected chi connectivity index (χ0v) is 20.4. The summed E-state index contributed by atoms with van der Waals surface area (Å²) < 4.78 is 5.91. The molecule has 1 amide bonds. The Morgan fingerprint density at radius 1 is 0.935 bits per heavy atom. The van der Waals surface area contributed by atoms with E-state index >= 15 is 0 Å². The Morgan fingerprint density at radius 3 is 2.32 bits per heavy atom. The van der Waals surface area contributed by atoms with Crippen molar-refractivity contribution in [2.75, 3.05) is 19.6 Å². The van der Waals surface area contributed by atoms with Crippen LogP contribution in [0, 0.1) is 5.92 Å². The molecule has 0 aliphatic heterocycles. The minimum Gasteiger partial charge on any atom is -0.372 e. The summed E-state index contributed by atoms with van der Waals surface area (Å²) in [6.07, 6.45) is 2.05. The number of guanidine groups is 1. The molecule has 1 aliphatic carbocycles. The van der Waals surface area contributed by atoms with Gasteiger partial charge in [-0.05, 0) is 36.5 Å². The summed E-state index contributed by atoms with van der Waals surface area (Å²) in [6.45, 7) is 5.77. The van der Waals surface area contributed by atoms with Gasteiger partial charge in [0.15, 0.2) is 5.96 Å². The van der Waals surface area contributed by atoms with Crippen LogP contribution in [0.1, 0.15) is 36.5 Å². The monoisotopic (exact) mass is 536 g/mol. The van der Waals surface area contributed by atoms with Crippen molar-refractivity contribution in [3.8, 4) is 0 Å². The third-order valence-corrected chi connectivity index (χ3v) is 4.90. The number of carbonyl (C=O) groups is 1. The van der Waals surface area contributed by atoms with E-state index in [0.29, 0.717) is 32.8 Å². The number of nitrogens with one attached hydrogen (secondary N) is 3. The molecule has 3 N–H and O–H groups in total. The van der Waals surface area contributed by atoms with E-state index in [1.54, 1.807) is 0 Å². The Hall–Kier alpha value is -2.13. The molecule has 0 unspecified atom stereocenters. The van der Waals surface area contributed by atoms with E-state index in [-0.39, 0.29) is 35.8 Å². The van der Waals surface area contributed by atoms with Crippen molar-refractivity contribution in [1.82, 2.24) is 16.0 Å². The first kappa shape index (κ1) is 25.1. The summed E-state index contributed by atoms with van der Waals surface area (Å²) in [5.41, 5.74) is 3.45. The highest BCUT2D eigenvalue weighted by Gasteiger charge is 2.28. The van der Waals surface area contributed by atoms with Gasteiger partial charge in [-0.25, -0.2) is 4.99 Å². The largest absolute Gasteiger partial charge is 0.372 e. The van der Waals surface area contributed by atoms with Crippen molar-refractivity contribution < 1.29 is 9.53 Å². The van der Waals surface area contributed by atoms with Crippen LogP contribution in [0.5, 0.6) is 0 Å². The quantitative estimate of drug-likeness (QED) is 0.178. The molecule has 1 fully saturated rings. The van der Waals surface area contributed by atoms with Gasteiger partial charge in [0, 0.05) is 25.6 Å². The van der Waals surface area contributed by atoms with Crippen molar-refractivity contribution in [1.29, 1.82) is 0 Å². The average molecular weight is 536 g/mol. The number of hydrogen-bond acceptors (Lipinski definition) is 3. The molecule has 0 heterocycles. The predicted molar refractivity (Wildman–Crippen MR) is 135 cm³/mol. The molecule has 0 aromatic heterocycles. The van der Waals surface area contributed by atoms with Crippen LogP contribution >= 0.6 is 24.0 Å². The first-order valence-corrected chi connectivity index (χ1v) is 10.7. The highest BCUT2D eigenvalue weighted by molar-refractivity contribution is 14.0. The Morgan fingerprint density at radius 2 is 1.61 bits per heavy atom. The van der Waals surface area contributed by atoms with Crippen LogP contribution in [0.3, 0.4) is 0 Å². The molecule has 7 heteroatoms. The van der Waals surface area contributed by atoms with Crippen molar-refractivity contribution in [2.45, 2.75) is 39.5 Å². The molecule has 1 saturated carbocycles. The van der Waals surface area contributed by atoms with Crippen LogP contribution < -0.4 is 16.0 Å². The van der Waals surface area contributed by atoms with Gasteiger partial charge >= 0.3 is 0 Å². The van der Waals surface area contributed by atoms with Gasteiger partial charge in [0.25, 0.3) is 0 Å². The van der Waals surface area contributed by atoms with Crippen molar-refractivity contribution >= 4 is 35.8 Å². The number of amides is 1. The van der Waals surface area contributed by atoms with E-state index in [1.807, 2.05) is 37.3 Å². The number of rotatable bonds is 11. The molecule has 0 bridgehead atoms. The van der Waals surface area contributed by atoms with E-state index < -0.39 is 0 Å². The van der Waals surface area contributed by atoms with Gasteiger partial charge in [0.1, 0.15) is 0 Å². The fourth-order valence-corrected chi connectivity index (χ4v) is 3.07. The van der Waals surface area contributed by atoms with Gasteiger partial charge in [-0.2, -0.15) is 0 Å². The number of carbonyl (C=O) groups excluding carboxylic acids is 1. The van der Waals surface area contributed by atoms with Crippen LogP contribution in [-0.4, -0.2) is 31.5 Å². The third-order valence-electron chi connectivity index (χ3n) is 4.90. The molecule has 0 radical (unpaired) electrons. The van der Waals surface area contributed by atoms with Gasteiger partial charge in [-0.3, -0.25) is 4.79 Å². The van der Waals surface area contributed by atoms with Crippen LogP contribution in [0.25, 0.3) is 0 Å². The summed E-state index contributed by atoms with van der Waals surface area (Å²) in [5.74, 6) is 1.16. The van der Waals surface area contributed by atoms with Crippen LogP contribution in [-0.2, 0) is 29.3 Å². The lowest BCUT2D eigenvalue weighted by Crippen LogP contribution is -2.41. The molecule has 0 saturated heterocycles. The maximum Gasteiger partial charge on any atom is 0.223 e. The van der Waals surface area contributed by atoms with Crippen LogP contribution in [0.15, 0.2) is 59.6 Å². The number of aliphatic imine (C=N–C) groups is 1. The van der Waals surface area contributed by atoms with Crippen LogP contribution in [0.2, 0.25) is 0 Å². The van der Waals surface area contributed by atoms with E-state index in [0.717, 1.165) is 36.5 Å². The lowest BCUT2D eigenvalue weighted by molar-refractivity contribution is -0.122. The number of benzene rings is 2. The molecular weight excluding hydrogens is 503 g/mol. The van der Waals surface area contributed by atoms with Gasteiger partial charge in [-0.15, -0.1) is 24.0 Å². The number of ether oxygens (including phenoxy) is 1. The highest BCUT2D eigenvalue weighted by atomic mass is 127. The predicted octanol–water partition coefficient (Wildman–Crippen LogP) is 3.60. The molecule has 0 atom stereocenters. The van der Waals surface area contributed by atoms with E-state index in [1.165, 1.54) is 5.56 Å². The number of hydrogen-bond donors (Lipinski definition) is 3. The molecule has 2 aromatic rings. The van der Waals surface area contributed by atoms with Gasteiger partial charge in [-0.1, -0.05) is 54.6 Å². The zero-order chi connectivity index (χ0) is 21.0. The first-order chi connectivity index (χ1) is 14.8. The smallest absolute Gasteiger partial charge is 0.223 e. The second kappa shape index (κ2) is 14.0. The molecule has 0 spiro atoms. The summed E-state index contributed by atoms with van der Waals surface area (Å²) in [5, 5.41) is 9.50. The van der Waals surface area contributed by atoms with E-state index in [2.05, 4.69) is 40.2 Å². The molecule has 168 valence electrons. The third kappa shape index (κ3) is 9.26. The number of nitrogens with zero attached hydrogens (tertiary/aromatic N) is 1. The lowest BCUT2D eigenvalue weighted by atomic mass is 10.1. The second-order valence-electron chi connectivity index (χ2n) is 7.43. The van der Waals surface area contributed by atoms with Gasteiger partial charge in [0.2, 0.25) is 5.91 Å². The zero-order valence-electron chi connectivity index (χ0n) is 18.1. The Kier molecular flexibility index (Phi) is 11.4.